The molecule has 1 aliphatic heterocycles. The molecule has 1 fully saturated rings. The van der Waals surface area contributed by atoms with E-state index in [0.29, 0.717) is 12.3 Å². The standard InChI is InChI=1S/C10H12N2O3S/c1-11-8-3-2-7(6-9(8)12(13)14)10-15-4-5-16-10/h2-3,6,10-11H,4-5H2,1H3. The molecular weight excluding hydrogens is 228 g/mol. The van der Waals surface area contributed by atoms with E-state index in [9.17, 15) is 10.1 Å². The minimum absolute atomic E-state index is 0.0652. The first-order chi connectivity index (χ1) is 7.72. The second-order valence-corrected chi connectivity index (χ2v) is 4.53. The zero-order valence-corrected chi connectivity index (χ0v) is 9.62. The van der Waals surface area contributed by atoms with Crippen LogP contribution in [0.1, 0.15) is 11.0 Å². The van der Waals surface area contributed by atoms with Crippen molar-refractivity contribution >= 4 is 23.1 Å². The number of nitro benzene ring substituents is 1. The quantitative estimate of drug-likeness (QED) is 0.649. The van der Waals surface area contributed by atoms with Gasteiger partial charge in [-0.2, -0.15) is 0 Å². The number of nitro groups is 1. The SMILES string of the molecule is CNc1ccc(C2OCCS2)cc1[N+](=O)[O-]. The molecule has 1 aromatic rings. The number of nitrogens with one attached hydrogen (secondary N) is 1. The Labute approximate surface area is 97.3 Å². The molecule has 0 amide bonds. The predicted octanol–water partition coefficient (Wildman–Crippen LogP) is 2.40. The highest BCUT2D eigenvalue weighted by Gasteiger charge is 2.22. The van der Waals surface area contributed by atoms with Crippen molar-refractivity contribution < 1.29 is 9.66 Å². The number of thioether (sulfide) groups is 1. The maximum absolute atomic E-state index is 10.9. The third kappa shape index (κ3) is 2.12. The van der Waals surface area contributed by atoms with Gasteiger partial charge in [-0.25, -0.2) is 0 Å². The predicted molar refractivity (Wildman–Crippen MR) is 63.8 cm³/mol. The third-order valence-electron chi connectivity index (χ3n) is 2.38. The van der Waals surface area contributed by atoms with E-state index in [4.69, 9.17) is 4.74 Å². The highest BCUT2D eigenvalue weighted by Crippen LogP contribution is 2.37. The van der Waals surface area contributed by atoms with Crippen LogP contribution in [0.25, 0.3) is 0 Å². The average molecular weight is 240 g/mol. The summed E-state index contributed by atoms with van der Waals surface area (Å²) in [6.45, 7) is 0.705. The number of hydrogen-bond acceptors (Lipinski definition) is 5. The summed E-state index contributed by atoms with van der Waals surface area (Å²) in [5.41, 5.74) is 1.41. The second-order valence-electron chi connectivity index (χ2n) is 3.36. The molecule has 0 aromatic heterocycles. The summed E-state index contributed by atoms with van der Waals surface area (Å²) < 4.78 is 5.47. The number of hydrogen-bond donors (Lipinski definition) is 1. The minimum Gasteiger partial charge on any atom is -0.383 e. The van der Waals surface area contributed by atoms with Crippen LogP contribution in [0.5, 0.6) is 0 Å². The molecule has 86 valence electrons. The fourth-order valence-corrected chi connectivity index (χ4v) is 2.55. The largest absolute Gasteiger partial charge is 0.383 e. The molecule has 1 atom stereocenters. The van der Waals surface area contributed by atoms with Gasteiger partial charge in [0, 0.05) is 18.9 Å². The molecule has 1 unspecified atom stereocenters. The summed E-state index contributed by atoms with van der Waals surface area (Å²) in [7, 11) is 1.67. The molecule has 1 aliphatic rings. The Bertz CT molecular complexity index is 405. The van der Waals surface area contributed by atoms with Crippen LogP contribution in [-0.4, -0.2) is 24.3 Å². The Kier molecular flexibility index (Phi) is 3.31. The topological polar surface area (TPSA) is 64.4 Å². The Hall–Kier alpha value is -1.27. The smallest absolute Gasteiger partial charge is 0.292 e. The van der Waals surface area contributed by atoms with Crippen molar-refractivity contribution in [3.05, 3.63) is 33.9 Å². The lowest BCUT2D eigenvalue weighted by Crippen LogP contribution is -1.99. The Balaban J connectivity index is 2.34. The maximum Gasteiger partial charge on any atom is 0.292 e. The number of benzene rings is 1. The fraction of sp³-hybridized carbons (Fsp3) is 0.400. The molecule has 1 heterocycles. The van der Waals surface area contributed by atoms with Gasteiger partial charge in [0.25, 0.3) is 5.69 Å². The lowest BCUT2D eigenvalue weighted by atomic mass is 10.2. The van der Waals surface area contributed by atoms with Gasteiger partial charge in [0.15, 0.2) is 0 Å². The van der Waals surface area contributed by atoms with Gasteiger partial charge in [-0.3, -0.25) is 10.1 Å². The highest BCUT2D eigenvalue weighted by molar-refractivity contribution is 7.99. The lowest BCUT2D eigenvalue weighted by molar-refractivity contribution is -0.384. The summed E-state index contributed by atoms with van der Waals surface area (Å²) in [4.78, 5) is 10.5. The van der Waals surface area contributed by atoms with Gasteiger partial charge in [0.05, 0.1) is 11.5 Å². The van der Waals surface area contributed by atoms with Gasteiger partial charge < -0.3 is 10.1 Å². The van der Waals surface area contributed by atoms with Crippen molar-refractivity contribution in [2.75, 3.05) is 24.7 Å². The second kappa shape index (κ2) is 4.71. The maximum atomic E-state index is 10.9. The van der Waals surface area contributed by atoms with E-state index in [0.717, 1.165) is 11.3 Å². The van der Waals surface area contributed by atoms with Crippen molar-refractivity contribution in [2.45, 2.75) is 5.44 Å². The normalized spacial score (nSPS) is 19.7. The Morgan fingerprint density at radius 1 is 1.62 bits per heavy atom. The van der Waals surface area contributed by atoms with Crippen LogP contribution in [0.3, 0.4) is 0 Å². The molecule has 1 N–H and O–H groups in total. The van der Waals surface area contributed by atoms with Crippen molar-refractivity contribution in [2.24, 2.45) is 0 Å². The zero-order chi connectivity index (χ0) is 11.5. The first-order valence-corrected chi connectivity index (χ1v) is 5.96. The minimum atomic E-state index is -0.380. The van der Waals surface area contributed by atoms with Crippen molar-refractivity contribution in [1.29, 1.82) is 0 Å². The first kappa shape index (κ1) is 11.2. The molecule has 6 heteroatoms. The zero-order valence-electron chi connectivity index (χ0n) is 8.80. The van der Waals surface area contributed by atoms with Gasteiger partial charge in [-0.15, -0.1) is 11.8 Å². The Morgan fingerprint density at radius 2 is 2.44 bits per heavy atom. The van der Waals surface area contributed by atoms with E-state index in [2.05, 4.69) is 5.32 Å². The number of nitrogens with zero attached hydrogens (tertiary/aromatic N) is 1. The fourth-order valence-electron chi connectivity index (χ4n) is 1.61. The van der Waals surface area contributed by atoms with Crippen molar-refractivity contribution in [3.63, 3.8) is 0 Å². The van der Waals surface area contributed by atoms with E-state index in [1.54, 1.807) is 30.9 Å². The summed E-state index contributed by atoms with van der Waals surface area (Å²) in [5.74, 6) is 0.937. The number of rotatable bonds is 3. The van der Waals surface area contributed by atoms with Gasteiger partial charge in [-0.05, 0) is 11.6 Å². The molecule has 0 radical (unpaired) electrons. The molecule has 5 nitrogen and oxygen atoms in total. The van der Waals surface area contributed by atoms with E-state index in [-0.39, 0.29) is 16.0 Å². The van der Waals surface area contributed by atoms with E-state index in [1.165, 1.54) is 0 Å². The van der Waals surface area contributed by atoms with Crippen LogP contribution in [0.4, 0.5) is 11.4 Å². The molecule has 1 aromatic carbocycles. The molecule has 0 spiro atoms. The summed E-state index contributed by atoms with van der Waals surface area (Å²) >= 11 is 1.66. The van der Waals surface area contributed by atoms with E-state index >= 15 is 0 Å². The van der Waals surface area contributed by atoms with Crippen LogP contribution >= 0.6 is 11.8 Å². The van der Waals surface area contributed by atoms with Crippen LogP contribution in [0, 0.1) is 10.1 Å². The average Bonchev–Trinajstić information content (AvgIpc) is 2.81. The summed E-state index contributed by atoms with van der Waals surface area (Å²) in [6, 6.07) is 5.16. The molecule has 0 saturated carbocycles. The van der Waals surface area contributed by atoms with Gasteiger partial charge in [-0.1, -0.05) is 6.07 Å². The van der Waals surface area contributed by atoms with Crippen LogP contribution in [-0.2, 0) is 4.74 Å². The van der Waals surface area contributed by atoms with Crippen molar-refractivity contribution in [1.82, 2.24) is 0 Å². The lowest BCUT2D eigenvalue weighted by Gasteiger charge is -2.10. The molecule has 16 heavy (non-hydrogen) atoms. The van der Waals surface area contributed by atoms with Crippen LogP contribution in [0.15, 0.2) is 18.2 Å². The van der Waals surface area contributed by atoms with E-state index < -0.39 is 0 Å². The molecule has 0 aliphatic carbocycles. The monoisotopic (exact) mass is 240 g/mol. The van der Waals surface area contributed by atoms with Gasteiger partial charge in [0.1, 0.15) is 11.1 Å². The molecular formula is C10H12N2O3S. The summed E-state index contributed by atoms with van der Waals surface area (Å²) in [6.07, 6.45) is 0. The summed E-state index contributed by atoms with van der Waals surface area (Å²) in [5, 5.41) is 13.7. The molecule has 1 saturated heterocycles. The van der Waals surface area contributed by atoms with E-state index in [1.807, 2.05) is 6.07 Å². The van der Waals surface area contributed by atoms with Crippen molar-refractivity contribution in [3.8, 4) is 0 Å². The van der Waals surface area contributed by atoms with Gasteiger partial charge >= 0.3 is 0 Å². The highest BCUT2D eigenvalue weighted by atomic mass is 32.2. The van der Waals surface area contributed by atoms with Gasteiger partial charge in [0.2, 0.25) is 0 Å². The molecule has 0 bridgehead atoms. The third-order valence-corrected chi connectivity index (χ3v) is 3.50. The Morgan fingerprint density at radius 3 is 3.00 bits per heavy atom. The number of anilines is 1. The molecule has 2 rings (SSSR count). The first-order valence-electron chi connectivity index (χ1n) is 4.91. The van der Waals surface area contributed by atoms with Crippen LogP contribution < -0.4 is 5.32 Å². The number of ether oxygens (including phenoxy) is 1. The van der Waals surface area contributed by atoms with Crippen LogP contribution in [0.2, 0.25) is 0 Å².